The third-order valence-corrected chi connectivity index (χ3v) is 2.03. The number of hydrogen-bond acceptors (Lipinski definition) is 4. The van der Waals surface area contributed by atoms with Crippen molar-refractivity contribution in [3.63, 3.8) is 0 Å². The molecule has 0 heterocycles. The van der Waals surface area contributed by atoms with Gasteiger partial charge in [0.1, 0.15) is 0 Å². The van der Waals surface area contributed by atoms with E-state index in [1.165, 1.54) is 11.3 Å². The number of oxime groups is 1. The molecule has 0 bridgehead atoms. The van der Waals surface area contributed by atoms with E-state index in [0.717, 1.165) is 11.1 Å². The van der Waals surface area contributed by atoms with Gasteiger partial charge in [-0.1, -0.05) is 29.4 Å². The molecule has 0 spiro atoms. The summed E-state index contributed by atoms with van der Waals surface area (Å²) >= 11 is 0. The van der Waals surface area contributed by atoms with Gasteiger partial charge in [0.15, 0.2) is 0 Å². The predicted octanol–water partition coefficient (Wildman–Crippen LogP) is 2.18. The van der Waals surface area contributed by atoms with Crippen LogP contribution in [-0.2, 0) is 16.2 Å². The Morgan fingerprint density at radius 1 is 1.33 bits per heavy atom. The molecule has 0 aromatic heterocycles. The quantitative estimate of drug-likeness (QED) is 0.377. The highest BCUT2D eigenvalue weighted by molar-refractivity contribution is 5.78. The van der Waals surface area contributed by atoms with Crippen molar-refractivity contribution in [3.05, 3.63) is 35.4 Å². The number of hydrogen-bond donors (Lipinski definition) is 1. The number of hydroxylamine groups is 2. The van der Waals surface area contributed by atoms with Crippen molar-refractivity contribution in [3.8, 4) is 0 Å². The number of amides is 1. The number of nitrogens with zero attached hydrogens (tertiary/aromatic N) is 2. The molecule has 1 rings (SSSR count). The SMILES string of the molecule is CC(C)(C)ON(C=O)Cc1ccc(C=NO)cc1. The smallest absolute Gasteiger partial charge is 0.233 e. The van der Waals surface area contributed by atoms with E-state index in [-0.39, 0.29) is 0 Å². The average molecular weight is 250 g/mol. The van der Waals surface area contributed by atoms with E-state index in [1.807, 2.05) is 32.9 Å². The van der Waals surface area contributed by atoms with E-state index >= 15 is 0 Å². The molecule has 1 N–H and O–H groups in total. The fourth-order valence-electron chi connectivity index (χ4n) is 1.40. The van der Waals surface area contributed by atoms with Crippen LogP contribution in [-0.4, -0.2) is 28.5 Å². The topological polar surface area (TPSA) is 62.1 Å². The van der Waals surface area contributed by atoms with Crippen molar-refractivity contribution in [2.45, 2.75) is 32.9 Å². The fourth-order valence-corrected chi connectivity index (χ4v) is 1.40. The molecule has 98 valence electrons. The molecule has 5 nitrogen and oxygen atoms in total. The summed E-state index contributed by atoms with van der Waals surface area (Å²) in [5.41, 5.74) is 1.31. The van der Waals surface area contributed by atoms with Crippen LogP contribution in [0.3, 0.4) is 0 Å². The van der Waals surface area contributed by atoms with E-state index < -0.39 is 5.60 Å². The van der Waals surface area contributed by atoms with Gasteiger partial charge >= 0.3 is 0 Å². The summed E-state index contributed by atoms with van der Waals surface area (Å²) in [5.74, 6) is 0. The maximum Gasteiger partial charge on any atom is 0.233 e. The molecule has 0 radical (unpaired) electrons. The first kappa shape index (κ1) is 14.2. The minimum Gasteiger partial charge on any atom is -0.411 e. The minimum absolute atomic E-state index is 0.372. The normalized spacial score (nSPS) is 11.7. The zero-order chi connectivity index (χ0) is 13.6. The Bertz CT molecular complexity index is 407. The number of benzene rings is 1. The molecule has 0 aliphatic heterocycles. The van der Waals surface area contributed by atoms with Crippen LogP contribution < -0.4 is 0 Å². The highest BCUT2D eigenvalue weighted by Gasteiger charge is 2.16. The number of rotatable bonds is 5. The maximum absolute atomic E-state index is 10.9. The van der Waals surface area contributed by atoms with Gasteiger partial charge < -0.3 is 5.21 Å². The molecule has 5 heteroatoms. The first-order chi connectivity index (χ1) is 8.44. The van der Waals surface area contributed by atoms with E-state index in [0.29, 0.717) is 13.0 Å². The van der Waals surface area contributed by atoms with Crippen molar-refractivity contribution in [2.75, 3.05) is 0 Å². The second kappa shape index (κ2) is 6.16. The molecule has 1 amide bonds. The zero-order valence-electron chi connectivity index (χ0n) is 10.8. The molecule has 0 aliphatic carbocycles. The fraction of sp³-hybridized carbons (Fsp3) is 0.385. The molecule has 1 aromatic carbocycles. The van der Waals surface area contributed by atoms with Crippen LogP contribution in [0.15, 0.2) is 29.4 Å². The lowest BCUT2D eigenvalue weighted by Gasteiger charge is -2.26. The number of carbonyl (C=O) groups excluding carboxylic acids is 1. The van der Waals surface area contributed by atoms with E-state index in [1.54, 1.807) is 12.1 Å². The van der Waals surface area contributed by atoms with Crippen LogP contribution >= 0.6 is 0 Å². The molecular weight excluding hydrogens is 232 g/mol. The second-order valence-corrected chi connectivity index (χ2v) is 4.87. The molecule has 18 heavy (non-hydrogen) atoms. The summed E-state index contributed by atoms with van der Waals surface area (Å²) in [6, 6.07) is 7.29. The molecule has 0 saturated heterocycles. The van der Waals surface area contributed by atoms with Gasteiger partial charge in [0.2, 0.25) is 6.41 Å². The standard InChI is InChI=1S/C13H18N2O3/c1-13(2,3)18-15(10-16)9-12-6-4-11(5-7-12)8-14-17/h4-8,10,17H,9H2,1-3H3. The summed E-state index contributed by atoms with van der Waals surface area (Å²) in [6.07, 6.45) is 2.00. The maximum atomic E-state index is 10.9. The van der Waals surface area contributed by atoms with E-state index in [2.05, 4.69) is 5.16 Å². The minimum atomic E-state index is -0.412. The summed E-state index contributed by atoms with van der Waals surface area (Å²) in [7, 11) is 0. The predicted molar refractivity (Wildman–Crippen MR) is 68.3 cm³/mol. The zero-order valence-corrected chi connectivity index (χ0v) is 10.8. The third-order valence-electron chi connectivity index (χ3n) is 2.03. The van der Waals surface area contributed by atoms with Gasteiger partial charge in [-0.2, -0.15) is 0 Å². The second-order valence-electron chi connectivity index (χ2n) is 4.87. The summed E-state index contributed by atoms with van der Waals surface area (Å²) < 4.78 is 0. The molecule has 1 aromatic rings. The number of carbonyl (C=O) groups is 1. The molecule has 0 unspecified atom stereocenters. The molecule has 0 atom stereocenters. The summed E-state index contributed by atoms with van der Waals surface area (Å²) in [4.78, 5) is 16.4. The highest BCUT2D eigenvalue weighted by atomic mass is 16.7. The Kier molecular flexibility index (Phi) is 4.85. The molecule has 0 fully saturated rings. The largest absolute Gasteiger partial charge is 0.411 e. The van der Waals surface area contributed by atoms with Gasteiger partial charge in [-0.3, -0.25) is 9.63 Å². The molecular formula is C13H18N2O3. The van der Waals surface area contributed by atoms with Crippen LogP contribution in [0.2, 0.25) is 0 Å². The molecule has 0 saturated carbocycles. The van der Waals surface area contributed by atoms with Crippen molar-refractivity contribution in [2.24, 2.45) is 5.16 Å². The average Bonchev–Trinajstić information content (AvgIpc) is 2.29. The van der Waals surface area contributed by atoms with Crippen molar-refractivity contribution in [1.82, 2.24) is 5.06 Å². The first-order valence-corrected chi connectivity index (χ1v) is 5.62. The van der Waals surface area contributed by atoms with Crippen LogP contribution in [0.4, 0.5) is 0 Å². The lowest BCUT2D eigenvalue weighted by atomic mass is 10.1. The van der Waals surface area contributed by atoms with E-state index in [4.69, 9.17) is 10.0 Å². The van der Waals surface area contributed by atoms with E-state index in [9.17, 15) is 4.79 Å². The molecule has 0 aliphatic rings. The van der Waals surface area contributed by atoms with Crippen LogP contribution in [0.5, 0.6) is 0 Å². The lowest BCUT2D eigenvalue weighted by Crippen LogP contribution is -2.32. The Morgan fingerprint density at radius 2 is 1.94 bits per heavy atom. The van der Waals surface area contributed by atoms with Gasteiger partial charge in [0.05, 0.1) is 18.4 Å². The van der Waals surface area contributed by atoms with Crippen molar-refractivity contribution < 1.29 is 14.8 Å². The van der Waals surface area contributed by atoms with Crippen LogP contribution in [0.1, 0.15) is 31.9 Å². The van der Waals surface area contributed by atoms with Crippen LogP contribution in [0, 0.1) is 0 Å². The van der Waals surface area contributed by atoms with Gasteiger partial charge in [-0.25, -0.2) is 5.06 Å². The van der Waals surface area contributed by atoms with Crippen molar-refractivity contribution >= 4 is 12.6 Å². The Balaban J connectivity index is 2.67. The summed E-state index contributed by atoms with van der Waals surface area (Å²) in [5, 5.41) is 12.6. The first-order valence-electron chi connectivity index (χ1n) is 5.62. The van der Waals surface area contributed by atoms with Gasteiger partial charge in [0, 0.05) is 0 Å². The lowest BCUT2D eigenvalue weighted by molar-refractivity contribution is -0.220. The Labute approximate surface area is 107 Å². The highest BCUT2D eigenvalue weighted by Crippen LogP contribution is 2.12. The Hall–Kier alpha value is -1.88. The Morgan fingerprint density at radius 3 is 2.39 bits per heavy atom. The monoisotopic (exact) mass is 250 g/mol. The van der Waals surface area contributed by atoms with Gasteiger partial charge in [0.25, 0.3) is 0 Å². The third kappa shape index (κ3) is 4.97. The van der Waals surface area contributed by atoms with Crippen molar-refractivity contribution in [1.29, 1.82) is 0 Å². The van der Waals surface area contributed by atoms with Gasteiger partial charge in [-0.15, -0.1) is 0 Å². The van der Waals surface area contributed by atoms with Gasteiger partial charge in [-0.05, 0) is 31.9 Å². The summed E-state index contributed by atoms with van der Waals surface area (Å²) in [6.45, 7) is 6.01. The van der Waals surface area contributed by atoms with Crippen LogP contribution in [0.25, 0.3) is 0 Å².